The van der Waals surface area contributed by atoms with Gasteiger partial charge in [0.1, 0.15) is 0 Å². The van der Waals surface area contributed by atoms with Gasteiger partial charge in [0.05, 0.1) is 0 Å². The Kier molecular flexibility index (Phi) is 11.8. The largest absolute Gasteiger partial charge is 0.269 e. The van der Waals surface area contributed by atoms with Crippen LogP contribution in [0.3, 0.4) is 0 Å². The molecule has 0 saturated carbocycles. The predicted octanol–water partition coefficient (Wildman–Crippen LogP) is 5.34. The van der Waals surface area contributed by atoms with Crippen LogP contribution >= 0.6 is 0 Å². The van der Waals surface area contributed by atoms with E-state index in [4.69, 9.17) is 0 Å². The van der Waals surface area contributed by atoms with Crippen molar-refractivity contribution in [1.82, 2.24) is 0 Å². The van der Waals surface area contributed by atoms with Gasteiger partial charge in [0.15, 0.2) is 0 Å². The average molecular weight is 407 g/mol. The molecule has 0 saturated heterocycles. The van der Waals surface area contributed by atoms with E-state index >= 15 is 0 Å². The first-order valence-corrected chi connectivity index (χ1v) is 6.89. The van der Waals surface area contributed by atoms with Gasteiger partial charge in [-0.25, -0.2) is 23.3 Å². The molecule has 0 amide bonds. The summed E-state index contributed by atoms with van der Waals surface area (Å²) in [6, 6.07) is 0. The number of allylic oxidation sites excluding steroid dienone is 8. The van der Waals surface area contributed by atoms with Crippen molar-refractivity contribution in [3.05, 3.63) is 47.6 Å². The Morgan fingerprint density at radius 2 is 1.44 bits per heavy atom. The zero-order valence-corrected chi connectivity index (χ0v) is 15.4. The van der Waals surface area contributed by atoms with E-state index in [1.807, 2.05) is 0 Å². The summed E-state index contributed by atoms with van der Waals surface area (Å²) < 4.78 is 0. The molecule has 0 unspecified atom stereocenters. The van der Waals surface area contributed by atoms with Crippen LogP contribution in [0.25, 0.3) is 0 Å². The van der Waals surface area contributed by atoms with Gasteiger partial charge in [-0.3, -0.25) is 12.2 Å². The van der Waals surface area contributed by atoms with Gasteiger partial charge < -0.3 is 0 Å². The van der Waals surface area contributed by atoms with Crippen LogP contribution in [-0.4, -0.2) is 0 Å². The minimum atomic E-state index is 0. The van der Waals surface area contributed by atoms with Crippen molar-refractivity contribution in [2.45, 2.75) is 58.8 Å². The second-order valence-corrected chi connectivity index (χ2v) is 4.47. The summed E-state index contributed by atoms with van der Waals surface area (Å²) in [4.78, 5) is 0. The summed E-state index contributed by atoms with van der Waals surface area (Å²) in [7, 11) is 0. The molecule has 0 bridgehead atoms. The van der Waals surface area contributed by atoms with Crippen molar-refractivity contribution < 1.29 is 25.8 Å². The molecule has 0 aromatic heterocycles. The second-order valence-electron chi connectivity index (χ2n) is 4.47. The van der Waals surface area contributed by atoms with E-state index in [1.54, 1.807) is 0 Å². The summed E-state index contributed by atoms with van der Waals surface area (Å²) in [5.74, 6) is 0. The zero-order chi connectivity index (χ0) is 12.3. The van der Waals surface area contributed by atoms with Crippen LogP contribution in [0.15, 0.2) is 35.5 Å². The first-order valence-electron chi connectivity index (χ1n) is 6.89. The molecule has 0 spiro atoms. The van der Waals surface area contributed by atoms with E-state index in [1.165, 1.54) is 43.3 Å². The van der Waals surface area contributed by atoms with E-state index in [0.29, 0.717) is 0 Å². The third-order valence-electron chi connectivity index (χ3n) is 2.85. The van der Waals surface area contributed by atoms with Crippen LogP contribution in [-0.2, 0) is 25.8 Å². The molecule has 2 aliphatic carbocycles. The number of hydrogen-bond acceptors (Lipinski definition) is 0. The summed E-state index contributed by atoms with van der Waals surface area (Å²) in [5.41, 5.74) is 2.81. The molecule has 18 heavy (non-hydrogen) atoms. The molecule has 0 radical (unpaired) electrons. The van der Waals surface area contributed by atoms with E-state index < -0.39 is 0 Å². The van der Waals surface area contributed by atoms with Crippen LogP contribution < -0.4 is 0 Å². The van der Waals surface area contributed by atoms with Crippen molar-refractivity contribution in [3.63, 3.8) is 0 Å². The summed E-state index contributed by atoms with van der Waals surface area (Å²) >= 11 is 0. The molecule has 0 fully saturated rings. The first kappa shape index (κ1) is 17.8. The number of unbranched alkanes of at least 4 members (excludes halogenated alkanes) is 1. The van der Waals surface area contributed by atoms with E-state index in [-0.39, 0.29) is 25.8 Å². The fraction of sp³-hybridized carbons (Fsp3) is 0.529. The molecule has 0 aromatic rings. The van der Waals surface area contributed by atoms with Crippen molar-refractivity contribution in [1.29, 1.82) is 0 Å². The van der Waals surface area contributed by atoms with Gasteiger partial charge in [0, 0.05) is 25.8 Å². The summed E-state index contributed by atoms with van der Waals surface area (Å²) in [6.07, 6.45) is 23.6. The smallest absolute Gasteiger partial charge is 0 e. The van der Waals surface area contributed by atoms with E-state index in [2.05, 4.69) is 50.3 Å². The molecule has 98 valence electrons. The van der Waals surface area contributed by atoms with Gasteiger partial charge in [-0.15, -0.1) is 12.8 Å². The molecule has 0 aliphatic heterocycles. The second kappa shape index (κ2) is 11.9. The van der Waals surface area contributed by atoms with Crippen LogP contribution in [0.1, 0.15) is 58.8 Å². The summed E-state index contributed by atoms with van der Waals surface area (Å²) in [5, 5.41) is 0. The average Bonchev–Trinajstić information content (AvgIpc) is 3.00. The molecule has 2 aliphatic rings. The Morgan fingerprint density at radius 3 is 1.83 bits per heavy atom. The van der Waals surface area contributed by atoms with Crippen molar-refractivity contribution in [2.24, 2.45) is 0 Å². The van der Waals surface area contributed by atoms with E-state index in [9.17, 15) is 0 Å². The van der Waals surface area contributed by atoms with Crippen molar-refractivity contribution in [3.8, 4) is 0 Å². The minimum Gasteiger partial charge on any atom is -0.269 e. The van der Waals surface area contributed by atoms with Crippen LogP contribution in [0, 0.1) is 12.2 Å². The normalized spacial score (nSPS) is 15.7. The van der Waals surface area contributed by atoms with Gasteiger partial charge in [-0.05, 0) is 0 Å². The third-order valence-corrected chi connectivity index (χ3v) is 2.85. The maximum absolute atomic E-state index is 3.30. The molecular weight excluding hydrogens is 383 g/mol. The Hall–Kier alpha value is -0.170. The monoisotopic (exact) mass is 408 g/mol. The first-order chi connectivity index (χ1) is 8.36. The Morgan fingerprint density at radius 1 is 0.889 bits per heavy atom. The number of rotatable bonds is 5. The molecular formula is C17H24Hf-2. The van der Waals surface area contributed by atoms with Gasteiger partial charge in [-0.2, -0.15) is 12.2 Å². The molecule has 0 N–H and O–H groups in total. The van der Waals surface area contributed by atoms with Gasteiger partial charge >= 0.3 is 0 Å². The van der Waals surface area contributed by atoms with Crippen LogP contribution in [0.4, 0.5) is 0 Å². The Balaban J connectivity index is 0.000000306. The maximum atomic E-state index is 3.30. The fourth-order valence-corrected chi connectivity index (χ4v) is 1.88. The molecule has 0 heterocycles. The molecule has 0 aromatic carbocycles. The van der Waals surface area contributed by atoms with Crippen molar-refractivity contribution in [2.75, 3.05) is 0 Å². The quantitative estimate of drug-likeness (QED) is 0.427. The Bertz CT molecular complexity index is 319. The third kappa shape index (κ3) is 8.02. The number of hydrogen-bond donors (Lipinski definition) is 0. The topological polar surface area (TPSA) is 0 Å². The van der Waals surface area contributed by atoms with E-state index in [0.717, 1.165) is 12.8 Å². The SMILES string of the molecule is CCCC1=[C-]CC=C1.CCCCC1=[C-]CC=C1.[Hf]. The van der Waals surface area contributed by atoms with Gasteiger partial charge in [-0.1, -0.05) is 46.0 Å². The predicted molar refractivity (Wildman–Crippen MR) is 75.5 cm³/mol. The minimum absolute atomic E-state index is 0. The zero-order valence-electron chi connectivity index (χ0n) is 11.8. The molecule has 1 heteroatoms. The standard InChI is InChI=1S/C9H13.C8H11.Hf/c1-2-3-6-9-7-4-5-8-9;1-2-5-8-6-3-4-7-8;/h4,7H,2-3,5-6H2,1H3;3,6H,2,4-5H2,1H3;/q2*-1;. The fourth-order valence-electron chi connectivity index (χ4n) is 1.88. The van der Waals surface area contributed by atoms with Crippen LogP contribution in [0.2, 0.25) is 0 Å². The maximum Gasteiger partial charge on any atom is 0 e. The van der Waals surface area contributed by atoms with Gasteiger partial charge in [0.2, 0.25) is 0 Å². The summed E-state index contributed by atoms with van der Waals surface area (Å²) in [6.45, 7) is 4.42. The molecule has 0 nitrogen and oxygen atoms in total. The van der Waals surface area contributed by atoms with Crippen LogP contribution in [0.5, 0.6) is 0 Å². The molecule has 2 rings (SSSR count). The van der Waals surface area contributed by atoms with Gasteiger partial charge in [0.25, 0.3) is 0 Å². The Labute approximate surface area is 132 Å². The van der Waals surface area contributed by atoms with Crippen molar-refractivity contribution >= 4 is 0 Å². The molecule has 0 atom stereocenters.